The Morgan fingerprint density at radius 2 is 2.36 bits per heavy atom. The first-order chi connectivity index (χ1) is 5.33. The van der Waals surface area contributed by atoms with Gasteiger partial charge < -0.3 is 15.2 Å². The SMILES string of the molecule is CCCC(N)COC1COC1. The maximum absolute atomic E-state index is 5.75. The molecule has 0 radical (unpaired) electrons. The molecule has 0 aliphatic carbocycles. The van der Waals surface area contributed by atoms with Crippen molar-refractivity contribution in [2.75, 3.05) is 19.8 Å². The van der Waals surface area contributed by atoms with E-state index in [0.717, 1.165) is 26.1 Å². The Kier molecular flexibility index (Phi) is 3.83. The summed E-state index contributed by atoms with van der Waals surface area (Å²) in [6.45, 7) is 4.31. The highest BCUT2D eigenvalue weighted by Crippen LogP contribution is 2.06. The molecule has 1 saturated heterocycles. The van der Waals surface area contributed by atoms with E-state index in [4.69, 9.17) is 15.2 Å². The van der Waals surface area contributed by atoms with Crippen molar-refractivity contribution < 1.29 is 9.47 Å². The monoisotopic (exact) mass is 159 g/mol. The van der Waals surface area contributed by atoms with Crippen LogP contribution < -0.4 is 5.73 Å². The third kappa shape index (κ3) is 3.18. The molecule has 11 heavy (non-hydrogen) atoms. The fourth-order valence-corrected chi connectivity index (χ4v) is 1.02. The zero-order valence-corrected chi connectivity index (χ0v) is 7.08. The summed E-state index contributed by atoms with van der Waals surface area (Å²) in [7, 11) is 0. The van der Waals surface area contributed by atoms with Gasteiger partial charge in [0.05, 0.1) is 19.8 Å². The Morgan fingerprint density at radius 1 is 1.64 bits per heavy atom. The second kappa shape index (κ2) is 4.70. The standard InChI is InChI=1S/C8H17NO2/c1-2-3-7(9)4-11-8-5-10-6-8/h7-8H,2-6,9H2,1H3. The second-order valence-electron chi connectivity index (χ2n) is 3.04. The van der Waals surface area contributed by atoms with Gasteiger partial charge in [-0.3, -0.25) is 0 Å². The smallest absolute Gasteiger partial charge is 0.104 e. The highest BCUT2D eigenvalue weighted by molar-refractivity contribution is 4.67. The normalized spacial score (nSPS) is 21.3. The first kappa shape index (κ1) is 8.97. The molecule has 0 aromatic carbocycles. The average Bonchev–Trinajstić information content (AvgIpc) is 1.85. The Hall–Kier alpha value is -0.120. The van der Waals surface area contributed by atoms with E-state index in [1.165, 1.54) is 0 Å². The summed E-state index contributed by atoms with van der Waals surface area (Å²) in [5.74, 6) is 0. The number of nitrogens with two attached hydrogens (primary N) is 1. The molecule has 3 heteroatoms. The van der Waals surface area contributed by atoms with Gasteiger partial charge in [-0.2, -0.15) is 0 Å². The van der Waals surface area contributed by atoms with Crippen molar-refractivity contribution in [2.24, 2.45) is 5.73 Å². The zero-order chi connectivity index (χ0) is 8.10. The van der Waals surface area contributed by atoms with E-state index in [-0.39, 0.29) is 6.04 Å². The van der Waals surface area contributed by atoms with Gasteiger partial charge in [0.2, 0.25) is 0 Å². The molecule has 1 unspecified atom stereocenters. The number of hydrogen-bond acceptors (Lipinski definition) is 3. The van der Waals surface area contributed by atoms with Crippen LogP contribution in [0.1, 0.15) is 19.8 Å². The Morgan fingerprint density at radius 3 is 2.82 bits per heavy atom. The van der Waals surface area contributed by atoms with Gasteiger partial charge in [0.25, 0.3) is 0 Å². The molecule has 1 heterocycles. The summed E-state index contributed by atoms with van der Waals surface area (Å²) in [5.41, 5.74) is 5.75. The fraction of sp³-hybridized carbons (Fsp3) is 1.00. The lowest BCUT2D eigenvalue weighted by atomic mass is 10.2. The van der Waals surface area contributed by atoms with Crippen molar-refractivity contribution in [1.82, 2.24) is 0 Å². The van der Waals surface area contributed by atoms with Crippen LogP contribution in [-0.4, -0.2) is 32.0 Å². The summed E-state index contributed by atoms with van der Waals surface area (Å²) in [6, 6.07) is 0.209. The molecule has 2 N–H and O–H groups in total. The Bertz CT molecular complexity index is 104. The topological polar surface area (TPSA) is 44.5 Å². The van der Waals surface area contributed by atoms with Crippen LogP contribution in [0.4, 0.5) is 0 Å². The van der Waals surface area contributed by atoms with Crippen LogP contribution in [0.3, 0.4) is 0 Å². The molecule has 3 nitrogen and oxygen atoms in total. The molecule has 0 spiro atoms. The predicted molar refractivity (Wildman–Crippen MR) is 43.4 cm³/mol. The minimum Gasteiger partial charge on any atom is -0.376 e. The van der Waals surface area contributed by atoms with E-state index in [2.05, 4.69) is 6.92 Å². The Balaban J connectivity index is 1.92. The molecular formula is C8H17NO2. The molecule has 0 aromatic heterocycles. The first-order valence-corrected chi connectivity index (χ1v) is 4.28. The maximum atomic E-state index is 5.75. The van der Waals surface area contributed by atoms with Crippen molar-refractivity contribution in [3.63, 3.8) is 0 Å². The average molecular weight is 159 g/mol. The van der Waals surface area contributed by atoms with Gasteiger partial charge in [0, 0.05) is 6.04 Å². The van der Waals surface area contributed by atoms with Crippen molar-refractivity contribution in [2.45, 2.75) is 31.9 Å². The second-order valence-corrected chi connectivity index (χ2v) is 3.04. The first-order valence-electron chi connectivity index (χ1n) is 4.28. The van der Waals surface area contributed by atoms with Gasteiger partial charge >= 0.3 is 0 Å². The van der Waals surface area contributed by atoms with Crippen molar-refractivity contribution in [3.05, 3.63) is 0 Å². The van der Waals surface area contributed by atoms with E-state index in [1.54, 1.807) is 0 Å². The van der Waals surface area contributed by atoms with Gasteiger partial charge in [-0.05, 0) is 6.42 Å². The van der Waals surface area contributed by atoms with Crippen molar-refractivity contribution in [3.8, 4) is 0 Å². The maximum Gasteiger partial charge on any atom is 0.104 e. The minimum absolute atomic E-state index is 0.209. The molecule has 0 bridgehead atoms. The van der Waals surface area contributed by atoms with Crippen LogP contribution in [-0.2, 0) is 9.47 Å². The summed E-state index contributed by atoms with van der Waals surface area (Å²) in [4.78, 5) is 0. The highest BCUT2D eigenvalue weighted by atomic mass is 16.6. The van der Waals surface area contributed by atoms with Gasteiger partial charge in [0.1, 0.15) is 6.10 Å². The third-order valence-corrected chi connectivity index (χ3v) is 1.81. The molecule has 0 aromatic rings. The third-order valence-electron chi connectivity index (χ3n) is 1.81. The van der Waals surface area contributed by atoms with Crippen molar-refractivity contribution >= 4 is 0 Å². The van der Waals surface area contributed by atoms with Crippen LogP contribution in [0.5, 0.6) is 0 Å². The molecule has 1 atom stereocenters. The minimum atomic E-state index is 0.209. The summed E-state index contributed by atoms with van der Waals surface area (Å²) >= 11 is 0. The summed E-state index contributed by atoms with van der Waals surface area (Å²) in [6.07, 6.45) is 2.50. The zero-order valence-electron chi connectivity index (χ0n) is 7.08. The number of rotatable bonds is 5. The lowest BCUT2D eigenvalue weighted by Crippen LogP contribution is -2.39. The summed E-state index contributed by atoms with van der Waals surface area (Å²) < 4.78 is 10.4. The van der Waals surface area contributed by atoms with Crippen LogP contribution in [0.2, 0.25) is 0 Å². The van der Waals surface area contributed by atoms with Crippen LogP contribution in [0.25, 0.3) is 0 Å². The molecule has 1 aliphatic heterocycles. The molecule has 0 saturated carbocycles. The lowest BCUT2D eigenvalue weighted by molar-refractivity contribution is -0.131. The molecule has 1 rings (SSSR count). The summed E-state index contributed by atoms with van der Waals surface area (Å²) in [5, 5.41) is 0. The molecule has 1 fully saturated rings. The molecule has 0 amide bonds. The van der Waals surface area contributed by atoms with Gasteiger partial charge in [-0.25, -0.2) is 0 Å². The predicted octanol–water partition coefficient (Wildman–Crippen LogP) is 0.529. The molecular weight excluding hydrogens is 142 g/mol. The highest BCUT2D eigenvalue weighted by Gasteiger charge is 2.19. The van der Waals surface area contributed by atoms with E-state index in [9.17, 15) is 0 Å². The Labute approximate surface area is 67.9 Å². The number of ether oxygens (including phenoxy) is 2. The molecule has 66 valence electrons. The van der Waals surface area contributed by atoms with Gasteiger partial charge in [-0.1, -0.05) is 13.3 Å². The number of hydrogen-bond donors (Lipinski definition) is 1. The van der Waals surface area contributed by atoms with Crippen LogP contribution in [0, 0.1) is 0 Å². The van der Waals surface area contributed by atoms with Crippen molar-refractivity contribution in [1.29, 1.82) is 0 Å². The van der Waals surface area contributed by atoms with E-state index >= 15 is 0 Å². The lowest BCUT2D eigenvalue weighted by Gasteiger charge is -2.27. The van der Waals surface area contributed by atoms with E-state index in [0.29, 0.717) is 12.7 Å². The van der Waals surface area contributed by atoms with Gasteiger partial charge in [0.15, 0.2) is 0 Å². The quantitative estimate of drug-likeness (QED) is 0.636. The van der Waals surface area contributed by atoms with Crippen LogP contribution >= 0.6 is 0 Å². The molecule has 1 aliphatic rings. The fourth-order valence-electron chi connectivity index (χ4n) is 1.02. The van der Waals surface area contributed by atoms with Crippen LogP contribution in [0.15, 0.2) is 0 Å². The van der Waals surface area contributed by atoms with Gasteiger partial charge in [-0.15, -0.1) is 0 Å². The largest absolute Gasteiger partial charge is 0.376 e. The van der Waals surface area contributed by atoms with E-state index in [1.807, 2.05) is 0 Å². The van der Waals surface area contributed by atoms with E-state index < -0.39 is 0 Å².